The Labute approximate surface area is 173 Å². The highest BCUT2D eigenvalue weighted by Gasteiger charge is 2.45. The molecule has 0 spiro atoms. The van der Waals surface area contributed by atoms with Crippen LogP contribution in [0, 0.1) is 0 Å². The molecule has 4 rings (SSSR count). The van der Waals surface area contributed by atoms with Gasteiger partial charge in [-0.2, -0.15) is 5.01 Å². The number of hydrazine groups is 1. The van der Waals surface area contributed by atoms with Gasteiger partial charge in [0.25, 0.3) is 11.8 Å². The third-order valence-electron chi connectivity index (χ3n) is 5.38. The Kier molecular flexibility index (Phi) is 5.22. The van der Waals surface area contributed by atoms with Gasteiger partial charge in [0.15, 0.2) is 0 Å². The summed E-state index contributed by atoms with van der Waals surface area (Å²) in [5.41, 5.74) is 1.25. The number of benzene rings is 2. The van der Waals surface area contributed by atoms with Gasteiger partial charge in [-0.05, 0) is 30.5 Å². The lowest BCUT2D eigenvalue weighted by Crippen LogP contribution is -2.56. The number of nitrogens with zero attached hydrogens (tertiary/aromatic N) is 3. The molecule has 30 heavy (non-hydrogen) atoms. The van der Waals surface area contributed by atoms with Gasteiger partial charge in [-0.1, -0.05) is 42.5 Å². The molecule has 8 heteroatoms. The van der Waals surface area contributed by atoms with Crippen LogP contribution in [0.5, 0.6) is 0 Å². The van der Waals surface area contributed by atoms with Crippen molar-refractivity contribution < 1.29 is 23.9 Å². The number of urea groups is 1. The van der Waals surface area contributed by atoms with Crippen molar-refractivity contribution in [2.75, 3.05) is 13.7 Å². The van der Waals surface area contributed by atoms with Crippen molar-refractivity contribution in [1.82, 2.24) is 14.9 Å². The fourth-order valence-electron chi connectivity index (χ4n) is 3.90. The Morgan fingerprint density at radius 3 is 2.20 bits per heavy atom. The average molecular weight is 407 g/mol. The predicted molar refractivity (Wildman–Crippen MR) is 106 cm³/mol. The summed E-state index contributed by atoms with van der Waals surface area (Å²) in [7, 11) is 1.27. The minimum Gasteiger partial charge on any atom is -0.467 e. The highest BCUT2D eigenvalue weighted by Crippen LogP contribution is 2.28. The first kappa shape index (κ1) is 19.6. The number of carbonyl (C=O) groups is 4. The number of carbonyl (C=O) groups excluding carboxylic acids is 4. The van der Waals surface area contributed by atoms with Crippen molar-refractivity contribution in [3.63, 3.8) is 0 Å². The Hall–Kier alpha value is -3.68. The van der Waals surface area contributed by atoms with Gasteiger partial charge in [-0.25, -0.2) is 14.6 Å². The van der Waals surface area contributed by atoms with E-state index in [-0.39, 0.29) is 17.7 Å². The Bertz CT molecular complexity index is 972. The third kappa shape index (κ3) is 3.30. The topological polar surface area (TPSA) is 87.2 Å². The number of imide groups is 1. The van der Waals surface area contributed by atoms with Gasteiger partial charge in [-0.3, -0.25) is 9.59 Å². The molecule has 1 unspecified atom stereocenters. The SMILES string of the molecule is COC(=O)C1CCCN1C(=O)N(Cc1ccccc1)N1C(=O)c2ccccc2C1=O. The van der Waals surface area contributed by atoms with Crippen LogP contribution in [0.4, 0.5) is 4.79 Å². The third-order valence-corrected chi connectivity index (χ3v) is 5.38. The number of likely N-dealkylation sites (tertiary alicyclic amines) is 1. The second-order valence-electron chi connectivity index (χ2n) is 7.17. The highest BCUT2D eigenvalue weighted by molar-refractivity contribution is 6.21. The monoisotopic (exact) mass is 407 g/mol. The molecule has 2 aliphatic heterocycles. The summed E-state index contributed by atoms with van der Waals surface area (Å²) >= 11 is 0. The molecule has 154 valence electrons. The lowest BCUT2D eigenvalue weighted by molar-refractivity contribution is -0.145. The Morgan fingerprint density at radius 1 is 1.00 bits per heavy atom. The van der Waals surface area contributed by atoms with Crippen LogP contribution in [-0.2, 0) is 16.1 Å². The molecule has 0 N–H and O–H groups in total. The molecule has 2 aliphatic rings. The lowest BCUT2D eigenvalue weighted by atomic mass is 10.1. The zero-order valence-corrected chi connectivity index (χ0v) is 16.5. The number of fused-ring (bicyclic) bond motifs is 1. The van der Waals surface area contributed by atoms with Crippen molar-refractivity contribution >= 4 is 23.8 Å². The molecule has 0 aliphatic carbocycles. The summed E-state index contributed by atoms with van der Waals surface area (Å²) in [5.74, 6) is -1.63. The van der Waals surface area contributed by atoms with Crippen LogP contribution in [0.2, 0.25) is 0 Å². The van der Waals surface area contributed by atoms with Gasteiger partial charge < -0.3 is 9.64 Å². The fourth-order valence-corrected chi connectivity index (χ4v) is 3.90. The largest absolute Gasteiger partial charge is 0.467 e. The van der Waals surface area contributed by atoms with Gasteiger partial charge in [0.1, 0.15) is 6.04 Å². The molecule has 2 heterocycles. The molecule has 0 bridgehead atoms. The first-order valence-electron chi connectivity index (χ1n) is 9.70. The van der Waals surface area contributed by atoms with Crippen LogP contribution in [0.1, 0.15) is 39.1 Å². The highest BCUT2D eigenvalue weighted by atomic mass is 16.5. The maximum atomic E-state index is 13.5. The number of hydrogen-bond donors (Lipinski definition) is 0. The van der Waals surface area contributed by atoms with E-state index in [1.807, 2.05) is 18.2 Å². The fraction of sp³-hybridized carbons (Fsp3) is 0.273. The van der Waals surface area contributed by atoms with Crippen molar-refractivity contribution in [3.8, 4) is 0 Å². The van der Waals surface area contributed by atoms with E-state index in [9.17, 15) is 19.2 Å². The number of methoxy groups -OCH3 is 1. The minimum atomic E-state index is -0.740. The van der Waals surface area contributed by atoms with Gasteiger partial charge in [-0.15, -0.1) is 0 Å². The van der Waals surface area contributed by atoms with Crippen LogP contribution in [-0.4, -0.2) is 58.4 Å². The number of rotatable bonds is 4. The predicted octanol–water partition coefficient (Wildman–Crippen LogP) is 2.46. The molecule has 1 fully saturated rings. The van der Waals surface area contributed by atoms with Crippen molar-refractivity contribution in [2.24, 2.45) is 0 Å². The zero-order chi connectivity index (χ0) is 21.3. The van der Waals surface area contributed by atoms with E-state index in [0.29, 0.717) is 19.4 Å². The summed E-state index contributed by atoms with van der Waals surface area (Å²) in [6.45, 7) is 0.350. The number of esters is 1. The van der Waals surface area contributed by atoms with Gasteiger partial charge in [0, 0.05) is 6.54 Å². The van der Waals surface area contributed by atoms with E-state index in [1.165, 1.54) is 12.0 Å². The number of amides is 4. The molecule has 8 nitrogen and oxygen atoms in total. The summed E-state index contributed by atoms with van der Waals surface area (Å²) in [6.07, 6.45) is 1.10. The minimum absolute atomic E-state index is 0.00946. The summed E-state index contributed by atoms with van der Waals surface area (Å²) in [5, 5.41) is 2.01. The van der Waals surface area contributed by atoms with Crippen LogP contribution >= 0.6 is 0 Å². The van der Waals surface area contributed by atoms with Crippen LogP contribution < -0.4 is 0 Å². The standard InChI is InChI=1S/C22H21N3O5/c1-30-21(28)18-12-7-13-23(18)22(29)24(14-15-8-3-2-4-9-15)25-19(26)16-10-5-6-11-17(16)20(25)27/h2-6,8-11,18H,7,12-14H2,1H3. The molecule has 0 saturated carbocycles. The average Bonchev–Trinajstić information content (AvgIpc) is 3.36. The van der Waals surface area contributed by atoms with E-state index < -0.39 is 29.9 Å². The summed E-state index contributed by atoms with van der Waals surface area (Å²) in [4.78, 5) is 53.1. The van der Waals surface area contributed by atoms with E-state index in [2.05, 4.69) is 0 Å². The van der Waals surface area contributed by atoms with Crippen LogP contribution in [0.3, 0.4) is 0 Å². The van der Waals surface area contributed by atoms with Crippen molar-refractivity contribution in [2.45, 2.75) is 25.4 Å². The molecule has 2 aromatic rings. The Balaban J connectivity index is 1.71. The molecule has 4 amide bonds. The van der Waals surface area contributed by atoms with Crippen LogP contribution in [0.15, 0.2) is 54.6 Å². The molecule has 0 aromatic heterocycles. The maximum Gasteiger partial charge on any atom is 0.340 e. The second-order valence-corrected chi connectivity index (χ2v) is 7.17. The molecule has 1 atom stereocenters. The van der Waals surface area contributed by atoms with Gasteiger partial charge >= 0.3 is 12.0 Å². The smallest absolute Gasteiger partial charge is 0.340 e. The van der Waals surface area contributed by atoms with E-state index in [4.69, 9.17) is 4.74 Å². The normalized spacial score (nSPS) is 17.8. The molecular weight excluding hydrogens is 386 g/mol. The number of hydrogen-bond acceptors (Lipinski definition) is 5. The molecule has 1 saturated heterocycles. The van der Waals surface area contributed by atoms with Gasteiger partial charge in [0.05, 0.1) is 24.8 Å². The van der Waals surface area contributed by atoms with E-state index in [0.717, 1.165) is 15.6 Å². The van der Waals surface area contributed by atoms with Crippen molar-refractivity contribution in [3.05, 3.63) is 71.3 Å². The Morgan fingerprint density at radius 2 is 1.60 bits per heavy atom. The van der Waals surface area contributed by atoms with E-state index >= 15 is 0 Å². The summed E-state index contributed by atoms with van der Waals surface area (Å²) < 4.78 is 4.83. The second kappa shape index (κ2) is 7.98. The summed E-state index contributed by atoms with van der Waals surface area (Å²) in [6, 6.07) is 14.2. The van der Waals surface area contributed by atoms with E-state index in [1.54, 1.807) is 36.4 Å². The lowest BCUT2D eigenvalue weighted by Gasteiger charge is -2.35. The quantitative estimate of drug-likeness (QED) is 0.574. The van der Waals surface area contributed by atoms with Crippen molar-refractivity contribution in [1.29, 1.82) is 0 Å². The van der Waals surface area contributed by atoms with Crippen LogP contribution in [0.25, 0.3) is 0 Å². The maximum absolute atomic E-state index is 13.5. The molecule has 2 aromatic carbocycles. The first-order valence-corrected chi connectivity index (χ1v) is 9.70. The molecule has 0 radical (unpaired) electrons. The number of ether oxygens (including phenoxy) is 1. The molecular formula is C22H21N3O5. The zero-order valence-electron chi connectivity index (χ0n) is 16.5. The van der Waals surface area contributed by atoms with Gasteiger partial charge in [0.2, 0.25) is 0 Å². The first-order chi connectivity index (χ1) is 14.5.